The molecular weight excluding hydrogens is 460 g/mol. The van der Waals surface area contributed by atoms with Gasteiger partial charge in [-0.2, -0.15) is 0 Å². The SMILES string of the molecule is CC(C)(OC(=O)OC(C)(C)c1ccc([N+](=O)[O-])cc1[N+](=O)[O-])c1ccc([N+](=O)[O-])cc1[N+](=O)[O-]. The zero-order chi connectivity index (χ0) is 26.0. The number of nitrogens with zero attached hydrogens (tertiary/aromatic N) is 4. The molecule has 0 unspecified atom stereocenters. The summed E-state index contributed by atoms with van der Waals surface area (Å²) >= 11 is 0. The summed E-state index contributed by atoms with van der Waals surface area (Å²) < 4.78 is 10.4. The molecule has 15 nitrogen and oxygen atoms in total. The van der Waals surface area contributed by atoms with Gasteiger partial charge < -0.3 is 9.47 Å². The Labute approximate surface area is 190 Å². The first-order chi connectivity index (χ1) is 15.6. The molecule has 34 heavy (non-hydrogen) atoms. The van der Waals surface area contributed by atoms with Crippen molar-refractivity contribution < 1.29 is 34.0 Å². The molecule has 0 radical (unpaired) electrons. The van der Waals surface area contributed by atoms with Crippen LogP contribution in [0.4, 0.5) is 27.5 Å². The predicted octanol–water partition coefficient (Wildman–Crippen LogP) is 4.64. The summed E-state index contributed by atoms with van der Waals surface area (Å²) in [6, 6.07) is 5.57. The third-order valence-corrected chi connectivity index (χ3v) is 4.75. The van der Waals surface area contributed by atoms with Gasteiger partial charge in [-0.05, 0) is 39.8 Å². The first-order valence-electron chi connectivity index (χ1n) is 9.35. The van der Waals surface area contributed by atoms with E-state index in [-0.39, 0.29) is 11.1 Å². The molecule has 0 atom stereocenters. The molecule has 0 aliphatic heterocycles. The molecule has 2 aromatic carbocycles. The van der Waals surface area contributed by atoms with Crippen molar-refractivity contribution in [1.29, 1.82) is 0 Å². The normalized spacial score (nSPS) is 11.4. The Morgan fingerprint density at radius 1 is 0.647 bits per heavy atom. The van der Waals surface area contributed by atoms with Gasteiger partial charge in [0, 0.05) is 12.1 Å². The highest BCUT2D eigenvalue weighted by Crippen LogP contribution is 2.38. The third-order valence-electron chi connectivity index (χ3n) is 4.75. The highest BCUT2D eigenvalue weighted by Gasteiger charge is 2.39. The van der Waals surface area contributed by atoms with Crippen LogP contribution in [0.5, 0.6) is 0 Å². The van der Waals surface area contributed by atoms with Crippen LogP contribution in [0, 0.1) is 40.5 Å². The molecule has 0 amide bonds. The van der Waals surface area contributed by atoms with Crippen molar-refractivity contribution in [2.75, 3.05) is 0 Å². The molecule has 2 rings (SSSR count). The van der Waals surface area contributed by atoms with Gasteiger partial charge in [-0.15, -0.1) is 0 Å². The monoisotopic (exact) mass is 478 g/mol. The van der Waals surface area contributed by atoms with Crippen molar-refractivity contribution in [3.05, 3.63) is 88.0 Å². The number of hydrogen-bond acceptors (Lipinski definition) is 11. The third kappa shape index (κ3) is 5.37. The summed E-state index contributed by atoms with van der Waals surface area (Å²) in [5.41, 5.74) is -6.16. The van der Waals surface area contributed by atoms with Crippen LogP contribution in [-0.2, 0) is 20.7 Å². The molecule has 0 saturated heterocycles. The summed E-state index contributed by atoms with van der Waals surface area (Å²) in [4.78, 5) is 53.8. The Hall–Kier alpha value is -4.69. The Bertz CT molecular complexity index is 1120. The maximum Gasteiger partial charge on any atom is 0.510 e. The Kier molecular flexibility index (Phi) is 6.80. The second kappa shape index (κ2) is 9.05. The number of nitro groups is 4. The highest BCUT2D eigenvalue weighted by molar-refractivity contribution is 5.64. The van der Waals surface area contributed by atoms with Gasteiger partial charge in [-0.25, -0.2) is 4.79 Å². The van der Waals surface area contributed by atoms with Gasteiger partial charge in [0.25, 0.3) is 22.7 Å². The van der Waals surface area contributed by atoms with Gasteiger partial charge in [0.2, 0.25) is 0 Å². The predicted molar refractivity (Wildman–Crippen MR) is 113 cm³/mol. The maximum absolute atomic E-state index is 12.5. The summed E-state index contributed by atoms with van der Waals surface area (Å²) in [6.07, 6.45) is -1.37. The van der Waals surface area contributed by atoms with E-state index in [0.717, 1.165) is 36.4 Å². The molecule has 0 aliphatic carbocycles. The number of nitro benzene ring substituents is 4. The fourth-order valence-corrected chi connectivity index (χ4v) is 3.13. The van der Waals surface area contributed by atoms with E-state index in [1.807, 2.05) is 0 Å². The molecule has 0 heterocycles. The Morgan fingerprint density at radius 2 is 0.971 bits per heavy atom. The fraction of sp³-hybridized carbons (Fsp3) is 0.316. The number of ether oxygens (including phenoxy) is 2. The minimum Gasteiger partial charge on any atom is -0.423 e. The number of carbonyl (C=O) groups is 1. The van der Waals surface area contributed by atoms with E-state index in [1.54, 1.807) is 0 Å². The lowest BCUT2D eigenvalue weighted by molar-refractivity contribution is -0.395. The standard InChI is InChI=1S/C19H18N4O11/c1-18(2,13-7-5-11(20(25)26)9-15(13)22(29)30)33-17(24)34-19(3,4)14-8-6-12(21(27)28)10-16(14)23(31)32/h5-10H,1-4H3. The van der Waals surface area contributed by atoms with Crippen LogP contribution < -0.4 is 0 Å². The molecule has 2 aromatic rings. The van der Waals surface area contributed by atoms with Gasteiger partial charge in [-0.1, -0.05) is 0 Å². The topological polar surface area (TPSA) is 208 Å². The van der Waals surface area contributed by atoms with E-state index in [4.69, 9.17) is 9.47 Å². The second-order valence-corrected chi connectivity index (χ2v) is 7.91. The van der Waals surface area contributed by atoms with E-state index in [9.17, 15) is 45.3 Å². The van der Waals surface area contributed by atoms with Crippen molar-refractivity contribution in [3.63, 3.8) is 0 Å². The molecule has 0 spiro atoms. The minimum absolute atomic E-state index is 0.167. The van der Waals surface area contributed by atoms with E-state index >= 15 is 0 Å². The summed E-state index contributed by atoms with van der Waals surface area (Å²) in [6.45, 7) is 5.13. The summed E-state index contributed by atoms with van der Waals surface area (Å²) in [5.74, 6) is 0. The van der Waals surface area contributed by atoms with Crippen LogP contribution in [0.3, 0.4) is 0 Å². The molecule has 0 bridgehead atoms. The molecule has 180 valence electrons. The maximum atomic E-state index is 12.5. The molecule has 0 N–H and O–H groups in total. The first-order valence-corrected chi connectivity index (χ1v) is 9.35. The average molecular weight is 478 g/mol. The minimum atomic E-state index is -1.70. The van der Waals surface area contributed by atoms with Crippen molar-refractivity contribution in [1.82, 2.24) is 0 Å². The van der Waals surface area contributed by atoms with Gasteiger partial charge in [0.15, 0.2) is 0 Å². The van der Waals surface area contributed by atoms with E-state index < -0.39 is 59.8 Å². The van der Waals surface area contributed by atoms with Crippen molar-refractivity contribution in [3.8, 4) is 0 Å². The smallest absolute Gasteiger partial charge is 0.423 e. The van der Waals surface area contributed by atoms with Gasteiger partial charge in [-0.3, -0.25) is 40.5 Å². The number of hydrogen-bond donors (Lipinski definition) is 0. The Morgan fingerprint density at radius 3 is 1.24 bits per heavy atom. The van der Waals surface area contributed by atoms with Crippen LogP contribution >= 0.6 is 0 Å². The molecule has 15 heteroatoms. The van der Waals surface area contributed by atoms with Crippen LogP contribution in [0.1, 0.15) is 38.8 Å². The average Bonchev–Trinajstić information content (AvgIpc) is 2.71. The quantitative estimate of drug-likeness (QED) is 0.290. The fourth-order valence-electron chi connectivity index (χ4n) is 3.13. The van der Waals surface area contributed by atoms with Crippen molar-refractivity contribution >= 4 is 28.9 Å². The van der Waals surface area contributed by atoms with E-state index in [1.165, 1.54) is 27.7 Å². The lowest BCUT2D eigenvalue weighted by Crippen LogP contribution is -2.32. The molecule has 0 aliphatic rings. The number of non-ortho nitro benzene ring substituents is 2. The van der Waals surface area contributed by atoms with Gasteiger partial charge in [0.05, 0.1) is 43.0 Å². The van der Waals surface area contributed by atoms with Gasteiger partial charge in [0.1, 0.15) is 11.2 Å². The van der Waals surface area contributed by atoms with Gasteiger partial charge >= 0.3 is 6.16 Å². The summed E-state index contributed by atoms with van der Waals surface area (Å²) in [5, 5.41) is 44.7. The first kappa shape index (κ1) is 25.6. The highest BCUT2D eigenvalue weighted by atomic mass is 16.7. The zero-order valence-corrected chi connectivity index (χ0v) is 18.2. The number of carbonyl (C=O) groups excluding carboxylic acids is 1. The van der Waals surface area contributed by atoms with Crippen molar-refractivity contribution in [2.24, 2.45) is 0 Å². The zero-order valence-electron chi connectivity index (χ0n) is 18.2. The molecule has 0 aromatic heterocycles. The molecule has 0 saturated carbocycles. The van der Waals surface area contributed by atoms with Crippen LogP contribution in [0.25, 0.3) is 0 Å². The summed E-state index contributed by atoms with van der Waals surface area (Å²) in [7, 11) is 0. The molecular formula is C19H18N4O11. The van der Waals surface area contributed by atoms with E-state index in [0.29, 0.717) is 0 Å². The van der Waals surface area contributed by atoms with Crippen LogP contribution in [-0.4, -0.2) is 25.8 Å². The lowest BCUT2D eigenvalue weighted by Gasteiger charge is -2.29. The molecule has 0 fully saturated rings. The van der Waals surface area contributed by atoms with Crippen LogP contribution in [0.15, 0.2) is 36.4 Å². The largest absolute Gasteiger partial charge is 0.510 e. The van der Waals surface area contributed by atoms with Crippen LogP contribution in [0.2, 0.25) is 0 Å². The number of benzene rings is 2. The Balaban J connectivity index is 2.36. The van der Waals surface area contributed by atoms with E-state index in [2.05, 4.69) is 0 Å². The lowest BCUT2D eigenvalue weighted by atomic mass is 9.95. The number of rotatable bonds is 8. The van der Waals surface area contributed by atoms with Crippen molar-refractivity contribution in [2.45, 2.75) is 38.9 Å². The second-order valence-electron chi connectivity index (χ2n) is 7.91.